The Balaban J connectivity index is 0. The van der Waals surface area contributed by atoms with Gasteiger partial charge in [-0.15, -0.1) is 0 Å². The normalized spacial score (nSPS) is 7.71. The summed E-state index contributed by atoms with van der Waals surface area (Å²) < 4.78 is 0. The molecule has 0 atom stereocenters. The van der Waals surface area contributed by atoms with E-state index in [1.165, 1.54) is 12.8 Å². The van der Waals surface area contributed by atoms with Crippen LogP contribution in [-0.4, -0.2) is 0 Å². The second-order valence-corrected chi connectivity index (χ2v) is 1.61. The first kappa shape index (κ1) is 10.8. The maximum absolute atomic E-state index is 5.26. The summed E-state index contributed by atoms with van der Waals surface area (Å²) in [4.78, 5) is 0. The number of hydrogen-bond donors (Lipinski definition) is 0. The summed E-state index contributed by atoms with van der Waals surface area (Å²) in [6, 6.07) is 0. The van der Waals surface area contributed by atoms with Gasteiger partial charge in [-0.1, -0.05) is 19.8 Å². The van der Waals surface area contributed by atoms with Crippen LogP contribution in [0.1, 0.15) is 26.2 Å². The first-order chi connectivity index (χ1) is 2.91. The van der Waals surface area contributed by atoms with Crippen molar-refractivity contribution >= 4 is 11.6 Å². The Kier molecular flexibility index (Phi) is 15.6. The molecule has 0 amide bonds. The molecule has 0 aromatic carbocycles. The summed E-state index contributed by atoms with van der Waals surface area (Å²) in [5.74, 6) is 1.68. The van der Waals surface area contributed by atoms with Gasteiger partial charge in [-0.05, 0) is 0 Å². The Morgan fingerprint density at radius 2 is 2.14 bits per heavy atom. The molecule has 0 bridgehead atoms. The van der Waals surface area contributed by atoms with E-state index in [9.17, 15) is 0 Å². The minimum atomic E-state index is 0. The average molecular weight is 212 g/mol. The first-order valence-corrected chi connectivity index (χ1v) is 2.77. The molecule has 0 aromatic heterocycles. The van der Waals surface area contributed by atoms with E-state index >= 15 is 0 Å². The van der Waals surface area contributed by atoms with E-state index in [1.54, 1.807) is 5.88 Å². The zero-order valence-electron chi connectivity index (χ0n) is 4.39. The summed E-state index contributed by atoms with van der Waals surface area (Å²) >= 11 is 5.26. The maximum Gasteiger partial charge on any atom is 0 e. The monoisotopic (exact) mass is 211 g/mol. The maximum atomic E-state index is 5.26. The zero-order valence-corrected chi connectivity index (χ0v) is 6.70. The van der Waals surface area contributed by atoms with E-state index in [0.717, 1.165) is 6.42 Å². The fraction of sp³-hybridized carbons (Fsp3) is 0.800. The summed E-state index contributed by atoms with van der Waals surface area (Å²) in [7, 11) is 0. The number of unbranched alkanes of at least 4 members (excludes halogenated alkanes) is 2. The van der Waals surface area contributed by atoms with E-state index in [0.29, 0.717) is 0 Å². The van der Waals surface area contributed by atoms with E-state index in [2.05, 4.69) is 6.92 Å². The Morgan fingerprint density at radius 1 is 1.57 bits per heavy atom. The van der Waals surface area contributed by atoms with Gasteiger partial charge in [-0.3, -0.25) is 0 Å². The molecule has 0 saturated carbocycles. The quantitative estimate of drug-likeness (QED) is 0.383. The fourth-order valence-corrected chi connectivity index (χ4v) is 0.436. The summed E-state index contributed by atoms with van der Waals surface area (Å²) in [5.41, 5.74) is 0. The Morgan fingerprint density at radius 3 is 2.29 bits per heavy atom. The van der Waals surface area contributed by atoms with Gasteiger partial charge < -0.3 is 11.6 Å². The van der Waals surface area contributed by atoms with Gasteiger partial charge in [0.15, 0.2) is 0 Å². The van der Waals surface area contributed by atoms with Crippen molar-refractivity contribution in [1.82, 2.24) is 0 Å². The van der Waals surface area contributed by atoms with E-state index < -0.39 is 0 Å². The molecule has 7 heavy (non-hydrogen) atoms. The van der Waals surface area contributed by atoms with Crippen LogP contribution in [0, 0.1) is 5.88 Å². The molecule has 0 unspecified atom stereocenters. The molecule has 0 spiro atoms. The number of halogens is 1. The third-order valence-electron chi connectivity index (χ3n) is 0.667. The second-order valence-electron chi connectivity index (χ2n) is 1.30. The van der Waals surface area contributed by atoms with Gasteiger partial charge in [0.1, 0.15) is 0 Å². The van der Waals surface area contributed by atoms with E-state index in [-0.39, 0.29) is 20.4 Å². The van der Waals surface area contributed by atoms with Crippen LogP contribution in [-0.2, 0) is 20.4 Å². The average Bonchev–Trinajstić information content (AvgIpc) is 1.61. The van der Waals surface area contributed by atoms with Crippen molar-refractivity contribution in [3.8, 4) is 0 Å². The van der Waals surface area contributed by atoms with Crippen molar-refractivity contribution in [2.45, 2.75) is 26.2 Å². The van der Waals surface area contributed by atoms with Crippen molar-refractivity contribution in [2.24, 2.45) is 0 Å². The van der Waals surface area contributed by atoms with Gasteiger partial charge >= 0.3 is 0 Å². The fourth-order valence-electron chi connectivity index (χ4n) is 0.281. The number of hydrogen-bond acceptors (Lipinski definition) is 0. The van der Waals surface area contributed by atoms with E-state index in [1.807, 2.05) is 0 Å². The van der Waals surface area contributed by atoms with Crippen molar-refractivity contribution in [3.05, 3.63) is 5.88 Å². The van der Waals surface area contributed by atoms with Crippen molar-refractivity contribution < 1.29 is 20.4 Å². The molecule has 0 nitrogen and oxygen atoms in total. The molecular formula is C5H10ClPd-. The molecule has 0 aliphatic rings. The molecule has 0 fully saturated rings. The summed E-state index contributed by atoms with van der Waals surface area (Å²) in [6.07, 6.45) is 3.52. The third kappa shape index (κ3) is 10.9. The molecule has 0 radical (unpaired) electrons. The van der Waals surface area contributed by atoms with Crippen LogP contribution in [0.4, 0.5) is 0 Å². The largest absolute Gasteiger partial charge is 0.349 e. The molecular weight excluding hydrogens is 202 g/mol. The van der Waals surface area contributed by atoms with Gasteiger partial charge in [-0.2, -0.15) is 6.42 Å². The van der Waals surface area contributed by atoms with Crippen LogP contribution in [0.2, 0.25) is 0 Å². The van der Waals surface area contributed by atoms with Crippen LogP contribution in [0.15, 0.2) is 0 Å². The summed E-state index contributed by atoms with van der Waals surface area (Å²) in [6.45, 7) is 2.15. The van der Waals surface area contributed by atoms with Crippen molar-refractivity contribution in [1.29, 1.82) is 0 Å². The van der Waals surface area contributed by atoms with Crippen LogP contribution < -0.4 is 0 Å². The predicted molar refractivity (Wildman–Crippen MR) is 29.7 cm³/mol. The molecule has 0 aliphatic heterocycles. The SMILES string of the molecule is CCCC[CH-]Cl.[Pd]. The molecule has 0 aromatic rings. The molecule has 0 N–H and O–H groups in total. The molecule has 48 valence electrons. The second kappa shape index (κ2) is 10.0. The third-order valence-corrected chi connectivity index (χ3v) is 0.885. The van der Waals surface area contributed by atoms with Crippen LogP contribution in [0.25, 0.3) is 0 Å². The predicted octanol–water partition coefficient (Wildman–Crippen LogP) is 2.57. The molecule has 0 rings (SSSR count). The zero-order chi connectivity index (χ0) is 4.83. The molecule has 0 heterocycles. The van der Waals surface area contributed by atoms with Gasteiger partial charge in [0.2, 0.25) is 0 Å². The Bertz CT molecular complexity index is 20.0. The summed E-state index contributed by atoms with van der Waals surface area (Å²) in [5, 5.41) is 0. The van der Waals surface area contributed by atoms with Crippen LogP contribution >= 0.6 is 11.6 Å². The Hall–Kier alpha value is 0.952. The first-order valence-electron chi connectivity index (χ1n) is 2.33. The van der Waals surface area contributed by atoms with Gasteiger partial charge in [0.05, 0.1) is 0 Å². The molecule has 2 heteroatoms. The molecule has 0 saturated heterocycles. The Labute approximate surface area is 64.3 Å². The van der Waals surface area contributed by atoms with E-state index in [4.69, 9.17) is 11.6 Å². The van der Waals surface area contributed by atoms with Crippen molar-refractivity contribution in [3.63, 3.8) is 0 Å². The van der Waals surface area contributed by atoms with Crippen molar-refractivity contribution in [2.75, 3.05) is 0 Å². The standard InChI is InChI=1S/C5H10Cl.Pd/c1-2-3-4-5-6;/h5H,2-4H2,1H3;/q-1;. The van der Waals surface area contributed by atoms with Crippen LogP contribution in [0.3, 0.4) is 0 Å². The van der Waals surface area contributed by atoms with Gasteiger partial charge in [0, 0.05) is 20.4 Å². The topological polar surface area (TPSA) is 0 Å². The number of rotatable bonds is 3. The van der Waals surface area contributed by atoms with Gasteiger partial charge in [0.25, 0.3) is 0 Å². The van der Waals surface area contributed by atoms with Crippen LogP contribution in [0.5, 0.6) is 0 Å². The van der Waals surface area contributed by atoms with Gasteiger partial charge in [-0.25, -0.2) is 5.88 Å². The molecule has 0 aliphatic carbocycles. The smallest absolute Gasteiger partial charge is 0 e. The minimum Gasteiger partial charge on any atom is -0.349 e. The minimum absolute atomic E-state index is 0.